The van der Waals surface area contributed by atoms with Gasteiger partial charge < -0.3 is 20.1 Å². The first-order chi connectivity index (χ1) is 11.5. The number of halogens is 1. The van der Waals surface area contributed by atoms with Gasteiger partial charge >= 0.3 is 0 Å². The second kappa shape index (κ2) is 8.76. The third-order valence-electron chi connectivity index (χ3n) is 3.37. The van der Waals surface area contributed by atoms with Crippen molar-refractivity contribution in [1.82, 2.24) is 5.32 Å². The van der Waals surface area contributed by atoms with Crippen LogP contribution in [0.15, 0.2) is 42.5 Å². The maximum Gasteiger partial charge on any atom is 0.171 e. The average Bonchev–Trinajstić information content (AvgIpc) is 2.56. The molecule has 1 atom stereocenters. The molecule has 2 aromatic carbocycles. The minimum absolute atomic E-state index is 0.0239. The fourth-order valence-electron chi connectivity index (χ4n) is 2.06. The molecule has 0 amide bonds. The van der Waals surface area contributed by atoms with Crippen molar-refractivity contribution in [3.8, 4) is 11.5 Å². The van der Waals surface area contributed by atoms with Crippen molar-refractivity contribution in [1.29, 1.82) is 0 Å². The van der Waals surface area contributed by atoms with E-state index in [0.29, 0.717) is 28.2 Å². The molecule has 0 bridgehead atoms. The van der Waals surface area contributed by atoms with Crippen LogP contribution >= 0.6 is 23.8 Å². The number of thiocarbonyl (C=S) groups is 1. The molecule has 0 saturated carbocycles. The maximum absolute atomic E-state index is 6.11. The number of hydrogen-bond donors (Lipinski definition) is 2. The van der Waals surface area contributed by atoms with Crippen LogP contribution in [-0.4, -0.2) is 24.9 Å². The molecule has 4 nitrogen and oxygen atoms in total. The maximum atomic E-state index is 6.11. The summed E-state index contributed by atoms with van der Waals surface area (Å²) in [7, 11) is 1.62. The monoisotopic (exact) mass is 364 g/mol. The molecule has 2 rings (SSSR count). The van der Waals surface area contributed by atoms with Gasteiger partial charge in [-0.05, 0) is 55.9 Å². The SMILES string of the molecule is COc1ccccc1OC[C@@H](C)NC(=S)Nc1ccc(C)c(Cl)c1. The zero-order valence-corrected chi connectivity index (χ0v) is 15.5. The van der Waals surface area contributed by atoms with Crippen LogP contribution in [0.3, 0.4) is 0 Å². The second-order valence-electron chi connectivity index (χ2n) is 5.43. The number of rotatable bonds is 6. The van der Waals surface area contributed by atoms with Gasteiger partial charge in [0, 0.05) is 10.7 Å². The molecular weight excluding hydrogens is 344 g/mol. The van der Waals surface area contributed by atoms with Gasteiger partial charge in [0.2, 0.25) is 0 Å². The molecule has 0 unspecified atom stereocenters. The number of methoxy groups -OCH3 is 1. The average molecular weight is 365 g/mol. The van der Waals surface area contributed by atoms with Crippen molar-refractivity contribution in [2.45, 2.75) is 19.9 Å². The second-order valence-corrected chi connectivity index (χ2v) is 6.24. The van der Waals surface area contributed by atoms with Crippen LogP contribution in [0.4, 0.5) is 5.69 Å². The Balaban J connectivity index is 1.84. The normalized spacial score (nSPS) is 11.5. The predicted octanol–water partition coefficient (Wildman–Crippen LogP) is 4.41. The van der Waals surface area contributed by atoms with E-state index in [9.17, 15) is 0 Å². The van der Waals surface area contributed by atoms with E-state index in [-0.39, 0.29) is 6.04 Å². The topological polar surface area (TPSA) is 42.5 Å². The summed E-state index contributed by atoms with van der Waals surface area (Å²) >= 11 is 11.4. The lowest BCUT2D eigenvalue weighted by Crippen LogP contribution is -2.39. The summed E-state index contributed by atoms with van der Waals surface area (Å²) in [4.78, 5) is 0. The summed E-state index contributed by atoms with van der Waals surface area (Å²) in [5, 5.41) is 7.52. The van der Waals surface area contributed by atoms with Gasteiger partial charge in [0.1, 0.15) is 6.61 Å². The highest BCUT2D eigenvalue weighted by Gasteiger charge is 2.08. The molecule has 24 heavy (non-hydrogen) atoms. The fraction of sp³-hybridized carbons (Fsp3) is 0.278. The van der Waals surface area contributed by atoms with Gasteiger partial charge in [-0.25, -0.2) is 0 Å². The summed E-state index contributed by atoms with van der Waals surface area (Å²) in [5.41, 5.74) is 1.88. The van der Waals surface area contributed by atoms with Crippen molar-refractivity contribution >= 4 is 34.6 Å². The number of ether oxygens (including phenoxy) is 2. The van der Waals surface area contributed by atoms with Crippen LogP contribution in [0.1, 0.15) is 12.5 Å². The van der Waals surface area contributed by atoms with Gasteiger partial charge in [0.25, 0.3) is 0 Å². The van der Waals surface area contributed by atoms with Crippen LogP contribution in [-0.2, 0) is 0 Å². The Morgan fingerprint density at radius 2 is 1.92 bits per heavy atom. The third-order valence-corrected chi connectivity index (χ3v) is 3.99. The molecular formula is C18H21ClN2O2S. The standard InChI is InChI=1S/C18H21ClN2O2S/c1-12-8-9-14(10-15(12)19)21-18(24)20-13(2)11-23-17-7-5-4-6-16(17)22-3/h4-10,13H,11H2,1-3H3,(H2,20,21,24)/t13-/m1/s1. The van der Waals surface area contributed by atoms with Crippen LogP contribution in [0, 0.1) is 6.92 Å². The summed E-state index contributed by atoms with van der Waals surface area (Å²) in [5.74, 6) is 1.41. The molecule has 0 aliphatic rings. The van der Waals surface area contributed by atoms with Crippen molar-refractivity contribution in [3.63, 3.8) is 0 Å². The van der Waals surface area contributed by atoms with Gasteiger partial charge in [0.15, 0.2) is 16.6 Å². The van der Waals surface area contributed by atoms with Crippen molar-refractivity contribution < 1.29 is 9.47 Å². The molecule has 0 aromatic heterocycles. The number of nitrogens with one attached hydrogen (secondary N) is 2. The highest BCUT2D eigenvalue weighted by molar-refractivity contribution is 7.80. The van der Waals surface area contributed by atoms with E-state index in [1.165, 1.54) is 0 Å². The first-order valence-corrected chi connectivity index (χ1v) is 8.37. The number of hydrogen-bond acceptors (Lipinski definition) is 3. The lowest BCUT2D eigenvalue weighted by molar-refractivity contribution is 0.270. The minimum atomic E-state index is 0.0239. The molecule has 2 aromatic rings. The number of benzene rings is 2. The minimum Gasteiger partial charge on any atom is -0.493 e. The predicted molar refractivity (Wildman–Crippen MR) is 103 cm³/mol. The van der Waals surface area contributed by atoms with Crippen molar-refractivity contribution in [2.75, 3.05) is 19.0 Å². The Kier molecular flexibility index (Phi) is 6.70. The van der Waals surface area contributed by atoms with Gasteiger partial charge in [-0.15, -0.1) is 0 Å². The molecule has 0 heterocycles. The Hall–Kier alpha value is -1.98. The first kappa shape index (κ1) is 18.4. The van der Waals surface area contributed by atoms with E-state index >= 15 is 0 Å². The lowest BCUT2D eigenvalue weighted by atomic mass is 10.2. The third kappa shape index (κ3) is 5.28. The van der Waals surface area contributed by atoms with E-state index < -0.39 is 0 Å². The van der Waals surface area contributed by atoms with Gasteiger partial charge in [0.05, 0.1) is 13.2 Å². The smallest absolute Gasteiger partial charge is 0.171 e. The quantitative estimate of drug-likeness (QED) is 0.743. The van der Waals surface area contributed by atoms with Crippen LogP contribution in [0.2, 0.25) is 5.02 Å². The Labute approximate surface area is 153 Å². The largest absolute Gasteiger partial charge is 0.493 e. The van der Waals surface area contributed by atoms with Crippen LogP contribution < -0.4 is 20.1 Å². The van der Waals surface area contributed by atoms with Crippen LogP contribution in [0.5, 0.6) is 11.5 Å². The summed E-state index contributed by atoms with van der Waals surface area (Å²) in [6.45, 7) is 4.41. The van der Waals surface area contributed by atoms with E-state index in [1.807, 2.05) is 56.3 Å². The molecule has 0 aliphatic heterocycles. The van der Waals surface area contributed by atoms with E-state index in [2.05, 4.69) is 10.6 Å². The number of aryl methyl sites for hydroxylation is 1. The summed E-state index contributed by atoms with van der Waals surface area (Å²) in [6, 6.07) is 13.3. The van der Waals surface area contributed by atoms with Gasteiger partial charge in [-0.1, -0.05) is 29.8 Å². The molecule has 2 N–H and O–H groups in total. The molecule has 0 fully saturated rings. The van der Waals surface area contributed by atoms with Gasteiger partial charge in [-0.2, -0.15) is 0 Å². The first-order valence-electron chi connectivity index (χ1n) is 7.59. The van der Waals surface area contributed by atoms with Gasteiger partial charge in [-0.3, -0.25) is 0 Å². The summed E-state index contributed by atoms with van der Waals surface area (Å²) < 4.78 is 11.0. The molecule has 0 spiro atoms. The molecule has 0 saturated heterocycles. The van der Waals surface area contributed by atoms with Crippen molar-refractivity contribution in [2.24, 2.45) is 0 Å². The molecule has 6 heteroatoms. The number of para-hydroxylation sites is 2. The zero-order valence-electron chi connectivity index (χ0n) is 13.9. The van der Waals surface area contributed by atoms with E-state index in [1.54, 1.807) is 7.11 Å². The number of anilines is 1. The summed E-state index contributed by atoms with van der Waals surface area (Å²) in [6.07, 6.45) is 0. The highest BCUT2D eigenvalue weighted by atomic mass is 35.5. The highest BCUT2D eigenvalue weighted by Crippen LogP contribution is 2.25. The lowest BCUT2D eigenvalue weighted by Gasteiger charge is -2.18. The molecule has 0 aliphatic carbocycles. The fourth-order valence-corrected chi connectivity index (χ4v) is 2.56. The molecule has 0 radical (unpaired) electrons. The van der Waals surface area contributed by atoms with Crippen molar-refractivity contribution in [3.05, 3.63) is 53.1 Å². The van der Waals surface area contributed by atoms with E-state index in [4.69, 9.17) is 33.3 Å². The Morgan fingerprint density at radius 1 is 1.21 bits per heavy atom. The van der Waals surface area contributed by atoms with E-state index in [0.717, 1.165) is 11.3 Å². The van der Waals surface area contributed by atoms with Crippen LogP contribution in [0.25, 0.3) is 0 Å². The Morgan fingerprint density at radius 3 is 2.58 bits per heavy atom. The zero-order chi connectivity index (χ0) is 17.5. The molecule has 128 valence electrons. The Bertz CT molecular complexity index is 709.